The topological polar surface area (TPSA) is 33.3 Å². The van der Waals surface area contributed by atoms with Crippen LogP contribution in [0.5, 0.6) is 0 Å². The van der Waals surface area contributed by atoms with E-state index in [1.165, 1.54) is 44.9 Å². The zero-order valence-electron chi connectivity index (χ0n) is 14.1. The highest BCUT2D eigenvalue weighted by Crippen LogP contribution is 2.40. The average molecular weight is 294 g/mol. The lowest BCUT2D eigenvalue weighted by Gasteiger charge is -2.38. The maximum Gasteiger partial charge on any atom is 0.0634 e. The lowest BCUT2D eigenvalue weighted by molar-refractivity contribution is -0.0515. The minimum absolute atomic E-state index is 0.446. The summed E-state index contributed by atoms with van der Waals surface area (Å²) in [5, 5.41) is 7.20. The van der Waals surface area contributed by atoms with Crippen LogP contribution in [0.1, 0.15) is 58.8 Å². The zero-order valence-corrected chi connectivity index (χ0v) is 14.1. The fourth-order valence-electron chi connectivity index (χ4n) is 5.00. The fourth-order valence-corrected chi connectivity index (χ4v) is 5.00. The number of rotatable bonds is 4. The van der Waals surface area contributed by atoms with Crippen LogP contribution in [0.15, 0.2) is 0 Å². The summed E-state index contributed by atoms with van der Waals surface area (Å²) >= 11 is 0. The molecule has 0 amide bonds. The first-order chi connectivity index (χ1) is 10.2. The number of ether oxygens (including phenoxy) is 1. The Kier molecular flexibility index (Phi) is 5.23. The predicted octanol–water partition coefficient (Wildman–Crippen LogP) is 3.15. The second kappa shape index (κ2) is 6.97. The molecule has 3 fully saturated rings. The molecule has 122 valence electrons. The first-order valence-corrected chi connectivity index (χ1v) is 9.24. The third kappa shape index (κ3) is 3.46. The molecule has 3 heteroatoms. The van der Waals surface area contributed by atoms with Crippen molar-refractivity contribution in [2.75, 3.05) is 13.7 Å². The van der Waals surface area contributed by atoms with E-state index in [4.69, 9.17) is 4.74 Å². The van der Waals surface area contributed by atoms with Crippen LogP contribution >= 0.6 is 0 Å². The first-order valence-electron chi connectivity index (χ1n) is 9.24. The zero-order chi connectivity index (χ0) is 14.8. The Morgan fingerprint density at radius 3 is 2.52 bits per heavy atom. The lowest BCUT2D eigenvalue weighted by Crippen LogP contribution is -2.46. The molecule has 1 heterocycles. The van der Waals surface area contributed by atoms with Gasteiger partial charge in [-0.3, -0.25) is 5.32 Å². The van der Waals surface area contributed by atoms with E-state index < -0.39 is 0 Å². The van der Waals surface area contributed by atoms with Gasteiger partial charge in [0, 0.05) is 18.6 Å². The SMILES string of the molecule is CNC1NC(C)C2CCCC(OCC3CCC(C)CC3)C12. The highest BCUT2D eigenvalue weighted by molar-refractivity contribution is 4.99. The molecule has 3 nitrogen and oxygen atoms in total. The second-order valence-corrected chi connectivity index (χ2v) is 7.89. The molecule has 2 N–H and O–H groups in total. The lowest BCUT2D eigenvalue weighted by atomic mass is 9.75. The molecule has 0 aromatic rings. The molecule has 0 aromatic carbocycles. The molecule has 0 radical (unpaired) electrons. The van der Waals surface area contributed by atoms with E-state index in [-0.39, 0.29) is 0 Å². The van der Waals surface area contributed by atoms with E-state index in [2.05, 4.69) is 31.5 Å². The van der Waals surface area contributed by atoms with Crippen LogP contribution in [-0.4, -0.2) is 32.0 Å². The van der Waals surface area contributed by atoms with Crippen molar-refractivity contribution in [2.24, 2.45) is 23.7 Å². The Hall–Kier alpha value is -0.120. The summed E-state index contributed by atoms with van der Waals surface area (Å²) in [4.78, 5) is 0. The minimum atomic E-state index is 0.446. The Balaban J connectivity index is 1.54. The van der Waals surface area contributed by atoms with Crippen molar-refractivity contribution in [1.82, 2.24) is 10.6 Å². The molecule has 1 saturated heterocycles. The molecule has 0 bridgehead atoms. The second-order valence-electron chi connectivity index (χ2n) is 7.89. The van der Waals surface area contributed by atoms with Crippen molar-refractivity contribution in [3.8, 4) is 0 Å². The van der Waals surface area contributed by atoms with Crippen LogP contribution in [0.25, 0.3) is 0 Å². The molecular weight excluding hydrogens is 260 g/mol. The maximum atomic E-state index is 6.47. The van der Waals surface area contributed by atoms with Crippen LogP contribution in [0.3, 0.4) is 0 Å². The van der Waals surface area contributed by atoms with Crippen molar-refractivity contribution < 1.29 is 4.74 Å². The molecule has 21 heavy (non-hydrogen) atoms. The smallest absolute Gasteiger partial charge is 0.0634 e. The number of hydrogen-bond acceptors (Lipinski definition) is 3. The molecule has 3 aliphatic rings. The van der Waals surface area contributed by atoms with Crippen LogP contribution in [0, 0.1) is 23.7 Å². The molecule has 0 spiro atoms. The average Bonchev–Trinajstić information content (AvgIpc) is 2.84. The third-order valence-corrected chi connectivity index (χ3v) is 6.41. The molecule has 5 atom stereocenters. The van der Waals surface area contributed by atoms with Gasteiger partial charge in [-0.15, -0.1) is 0 Å². The summed E-state index contributed by atoms with van der Waals surface area (Å²) in [6.07, 6.45) is 10.5. The standard InChI is InChI=1S/C18H34N2O/c1-12-7-9-14(10-8-12)11-21-16-6-4-5-15-13(2)20-18(19-3)17(15)16/h12-20H,4-11H2,1-3H3. The Bertz CT molecular complexity index is 327. The molecular formula is C18H34N2O. The van der Waals surface area contributed by atoms with Crippen LogP contribution < -0.4 is 10.6 Å². The van der Waals surface area contributed by atoms with Crippen molar-refractivity contribution in [3.05, 3.63) is 0 Å². The van der Waals surface area contributed by atoms with Gasteiger partial charge in [0.15, 0.2) is 0 Å². The monoisotopic (exact) mass is 294 g/mol. The largest absolute Gasteiger partial charge is 0.378 e. The Labute approximate surface area is 130 Å². The fraction of sp³-hybridized carbons (Fsp3) is 1.00. The molecule has 2 saturated carbocycles. The van der Waals surface area contributed by atoms with Gasteiger partial charge in [-0.05, 0) is 57.4 Å². The highest BCUT2D eigenvalue weighted by Gasteiger charge is 2.46. The normalized spacial score (nSPS) is 47.3. The van der Waals surface area contributed by atoms with E-state index >= 15 is 0 Å². The minimum Gasteiger partial charge on any atom is -0.378 e. The molecule has 2 aliphatic carbocycles. The van der Waals surface area contributed by atoms with Gasteiger partial charge in [-0.2, -0.15) is 0 Å². The van der Waals surface area contributed by atoms with E-state index in [0.29, 0.717) is 24.2 Å². The van der Waals surface area contributed by atoms with Crippen LogP contribution in [0.2, 0.25) is 0 Å². The van der Waals surface area contributed by atoms with Crippen molar-refractivity contribution >= 4 is 0 Å². The van der Waals surface area contributed by atoms with E-state index in [1.54, 1.807) is 0 Å². The molecule has 1 aliphatic heterocycles. The van der Waals surface area contributed by atoms with Crippen molar-refractivity contribution in [1.29, 1.82) is 0 Å². The van der Waals surface area contributed by atoms with Gasteiger partial charge in [0.25, 0.3) is 0 Å². The van der Waals surface area contributed by atoms with Crippen molar-refractivity contribution in [2.45, 2.75) is 77.1 Å². The van der Waals surface area contributed by atoms with Gasteiger partial charge in [0.05, 0.1) is 12.3 Å². The summed E-state index contributed by atoms with van der Waals surface area (Å²) in [7, 11) is 2.08. The van der Waals surface area contributed by atoms with Gasteiger partial charge in [-0.25, -0.2) is 0 Å². The molecule has 3 rings (SSSR count). The van der Waals surface area contributed by atoms with Crippen LogP contribution in [-0.2, 0) is 4.74 Å². The van der Waals surface area contributed by atoms with Gasteiger partial charge in [-0.1, -0.05) is 26.2 Å². The Morgan fingerprint density at radius 1 is 1.05 bits per heavy atom. The summed E-state index contributed by atoms with van der Waals surface area (Å²) in [5.74, 6) is 3.23. The van der Waals surface area contributed by atoms with Gasteiger partial charge in [0.1, 0.15) is 0 Å². The summed E-state index contributed by atoms with van der Waals surface area (Å²) < 4.78 is 6.47. The molecule has 5 unspecified atom stereocenters. The maximum absolute atomic E-state index is 6.47. The number of hydrogen-bond donors (Lipinski definition) is 2. The number of nitrogens with one attached hydrogen (secondary N) is 2. The summed E-state index contributed by atoms with van der Waals surface area (Å²) in [5.41, 5.74) is 0. The van der Waals surface area contributed by atoms with Gasteiger partial charge in [0.2, 0.25) is 0 Å². The third-order valence-electron chi connectivity index (χ3n) is 6.41. The first kappa shape index (κ1) is 15.8. The van der Waals surface area contributed by atoms with E-state index in [9.17, 15) is 0 Å². The predicted molar refractivity (Wildman–Crippen MR) is 87.1 cm³/mol. The quantitative estimate of drug-likeness (QED) is 0.835. The van der Waals surface area contributed by atoms with E-state index in [1.807, 2.05) is 0 Å². The van der Waals surface area contributed by atoms with Gasteiger partial charge < -0.3 is 10.1 Å². The summed E-state index contributed by atoms with van der Waals surface area (Å²) in [6.45, 7) is 5.75. The van der Waals surface area contributed by atoms with Crippen LogP contribution in [0.4, 0.5) is 0 Å². The number of fused-ring (bicyclic) bond motifs is 1. The van der Waals surface area contributed by atoms with Gasteiger partial charge >= 0.3 is 0 Å². The van der Waals surface area contributed by atoms with Crippen molar-refractivity contribution in [3.63, 3.8) is 0 Å². The Morgan fingerprint density at radius 2 is 1.81 bits per heavy atom. The van der Waals surface area contributed by atoms with E-state index in [0.717, 1.165) is 24.4 Å². The summed E-state index contributed by atoms with van der Waals surface area (Å²) in [6, 6.07) is 0.634. The highest BCUT2D eigenvalue weighted by atomic mass is 16.5. The molecule has 0 aromatic heterocycles.